The Kier molecular flexibility index (Phi) is 11.2. The number of rotatable bonds is 11. The highest BCUT2D eigenvalue weighted by Crippen LogP contribution is 2.39. The van der Waals surface area contributed by atoms with E-state index in [-0.39, 0.29) is 11.6 Å². The van der Waals surface area contributed by atoms with Gasteiger partial charge in [0.1, 0.15) is 16.7 Å². The van der Waals surface area contributed by atoms with Crippen molar-refractivity contribution < 1.29 is 19.1 Å². The van der Waals surface area contributed by atoms with E-state index in [0.717, 1.165) is 32.4 Å². The minimum atomic E-state index is -0.648. The van der Waals surface area contributed by atoms with Gasteiger partial charge in [-0.15, -0.1) is 11.8 Å². The molecule has 6 aromatic carbocycles. The van der Waals surface area contributed by atoms with Gasteiger partial charge in [0.05, 0.1) is 12.8 Å². The Morgan fingerprint density at radius 3 is 2.22 bits per heavy atom. The third-order valence-corrected chi connectivity index (χ3v) is 9.73. The molecule has 1 unspecified atom stereocenters. The fourth-order valence-electron chi connectivity index (χ4n) is 5.48. The molecule has 0 saturated carbocycles. The Labute approximate surface area is 305 Å². The van der Waals surface area contributed by atoms with Crippen molar-refractivity contribution in [1.82, 2.24) is 5.32 Å². The molecule has 0 bridgehead atoms. The van der Waals surface area contributed by atoms with Crippen LogP contribution in [0.4, 0.5) is 11.4 Å². The lowest BCUT2D eigenvalue weighted by Gasteiger charge is -2.19. The normalized spacial score (nSPS) is 11.8. The van der Waals surface area contributed by atoms with E-state index in [1.54, 1.807) is 60.7 Å². The van der Waals surface area contributed by atoms with Gasteiger partial charge in [-0.3, -0.25) is 14.4 Å². The van der Waals surface area contributed by atoms with Crippen LogP contribution in [0.5, 0.6) is 5.75 Å². The summed E-state index contributed by atoms with van der Waals surface area (Å²) in [7, 11) is 1.52. The van der Waals surface area contributed by atoms with Crippen molar-refractivity contribution in [3.63, 3.8) is 0 Å². The molecule has 0 aliphatic rings. The molecule has 51 heavy (non-hydrogen) atoms. The van der Waals surface area contributed by atoms with E-state index in [9.17, 15) is 14.4 Å². The quantitative estimate of drug-likeness (QED) is 0.0919. The maximum Gasteiger partial charge on any atom is 0.272 e. The lowest BCUT2D eigenvalue weighted by molar-refractivity contribution is -0.116. The lowest BCUT2D eigenvalue weighted by atomic mass is 10.0. The van der Waals surface area contributed by atoms with Gasteiger partial charge in [-0.25, -0.2) is 0 Å². The van der Waals surface area contributed by atoms with Crippen LogP contribution in [0.25, 0.3) is 16.8 Å². The van der Waals surface area contributed by atoms with Gasteiger partial charge in [-0.1, -0.05) is 109 Å². The Bertz CT molecular complexity index is 2240. The van der Waals surface area contributed by atoms with E-state index in [4.69, 9.17) is 16.3 Å². The second kappa shape index (κ2) is 16.3. The molecule has 0 spiro atoms. The van der Waals surface area contributed by atoms with Crippen molar-refractivity contribution in [2.45, 2.75) is 17.1 Å². The van der Waals surface area contributed by atoms with Crippen LogP contribution in [0.1, 0.15) is 32.3 Å². The topological polar surface area (TPSA) is 96.5 Å². The largest absolute Gasteiger partial charge is 0.495 e. The van der Waals surface area contributed by atoms with E-state index in [0.29, 0.717) is 27.7 Å². The summed E-state index contributed by atoms with van der Waals surface area (Å²) in [6.45, 7) is 1.86. The average Bonchev–Trinajstić information content (AvgIpc) is 3.15. The Morgan fingerprint density at radius 2 is 1.45 bits per heavy atom. The van der Waals surface area contributed by atoms with Crippen molar-refractivity contribution in [2.75, 3.05) is 17.7 Å². The van der Waals surface area contributed by atoms with Gasteiger partial charge in [-0.05, 0) is 76.9 Å². The first-order valence-corrected chi connectivity index (χ1v) is 17.4. The molecule has 0 heterocycles. The summed E-state index contributed by atoms with van der Waals surface area (Å²) in [6, 6.07) is 42.5. The summed E-state index contributed by atoms with van der Waals surface area (Å²) in [4.78, 5) is 41.8. The van der Waals surface area contributed by atoms with E-state index in [2.05, 4.69) is 16.0 Å². The van der Waals surface area contributed by atoms with Crippen molar-refractivity contribution in [3.05, 3.63) is 172 Å². The summed E-state index contributed by atoms with van der Waals surface area (Å²) in [6.07, 6.45) is 1.68. The van der Waals surface area contributed by atoms with Crippen molar-refractivity contribution in [3.8, 4) is 5.75 Å². The fourth-order valence-corrected chi connectivity index (χ4v) is 6.72. The molecular weight excluding hydrogens is 678 g/mol. The second-order valence-corrected chi connectivity index (χ2v) is 13.2. The van der Waals surface area contributed by atoms with Crippen molar-refractivity contribution in [1.29, 1.82) is 0 Å². The fraction of sp³-hybridized carbons (Fsp3) is 0.0714. The second-order valence-electron chi connectivity index (χ2n) is 11.6. The number of anilines is 2. The number of fused-ring (bicyclic) bond motifs is 1. The van der Waals surface area contributed by atoms with Crippen LogP contribution in [0, 0.1) is 6.92 Å². The molecule has 6 aromatic rings. The van der Waals surface area contributed by atoms with E-state index >= 15 is 0 Å². The number of hydrogen-bond acceptors (Lipinski definition) is 5. The van der Waals surface area contributed by atoms with Crippen LogP contribution >= 0.6 is 23.4 Å². The zero-order valence-electron chi connectivity index (χ0n) is 27.9. The van der Waals surface area contributed by atoms with Crippen LogP contribution in [0.2, 0.25) is 5.02 Å². The zero-order valence-corrected chi connectivity index (χ0v) is 29.4. The first-order chi connectivity index (χ1) is 24.8. The number of thioether (sulfide) groups is 1. The highest BCUT2D eigenvalue weighted by atomic mass is 35.5. The molecule has 7 nitrogen and oxygen atoms in total. The summed E-state index contributed by atoms with van der Waals surface area (Å²) >= 11 is 7.64. The van der Waals surface area contributed by atoms with Gasteiger partial charge in [0.2, 0.25) is 5.91 Å². The van der Waals surface area contributed by atoms with Crippen molar-refractivity contribution >= 4 is 69.3 Å². The number of carbonyl (C=O) groups excluding carboxylic acids is 3. The Balaban J connectivity index is 1.28. The summed E-state index contributed by atoms with van der Waals surface area (Å²) in [5.41, 5.74) is 3.87. The predicted molar refractivity (Wildman–Crippen MR) is 207 cm³/mol. The first kappa shape index (κ1) is 35.0. The van der Waals surface area contributed by atoms with Gasteiger partial charge < -0.3 is 20.7 Å². The molecule has 6 rings (SSSR count). The molecule has 0 aromatic heterocycles. The minimum absolute atomic E-state index is 0.0759. The number of aryl methyl sites for hydroxylation is 1. The molecule has 254 valence electrons. The number of amides is 3. The van der Waals surface area contributed by atoms with Gasteiger partial charge in [-0.2, -0.15) is 0 Å². The molecule has 0 radical (unpaired) electrons. The molecule has 3 N–H and O–H groups in total. The Hall–Kier alpha value is -5.83. The number of halogens is 1. The average molecular weight is 712 g/mol. The third-order valence-electron chi connectivity index (χ3n) is 8.08. The molecule has 3 amide bonds. The molecule has 0 aliphatic carbocycles. The maximum atomic E-state index is 13.9. The highest BCUT2D eigenvalue weighted by Gasteiger charge is 2.24. The van der Waals surface area contributed by atoms with Crippen LogP contribution < -0.4 is 20.7 Å². The smallest absolute Gasteiger partial charge is 0.272 e. The van der Waals surface area contributed by atoms with Crippen molar-refractivity contribution in [2.24, 2.45) is 0 Å². The highest BCUT2D eigenvalue weighted by molar-refractivity contribution is 8.00. The van der Waals surface area contributed by atoms with Gasteiger partial charge >= 0.3 is 0 Å². The van der Waals surface area contributed by atoms with Crippen LogP contribution in [-0.4, -0.2) is 24.8 Å². The number of ether oxygens (including phenoxy) is 1. The van der Waals surface area contributed by atoms with Crippen LogP contribution in [0.3, 0.4) is 0 Å². The summed E-state index contributed by atoms with van der Waals surface area (Å²) in [5.74, 6) is -0.723. The molecule has 0 aliphatic heterocycles. The Morgan fingerprint density at radius 1 is 0.765 bits per heavy atom. The number of hydrogen-bond donors (Lipinski definition) is 3. The summed E-state index contributed by atoms with van der Waals surface area (Å²) < 4.78 is 5.49. The summed E-state index contributed by atoms with van der Waals surface area (Å²) in [5, 5.41) is 10.6. The van der Waals surface area contributed by atoms with Gasteiger partial charge in [0, 0.05) is 27.2 Å². The van der Waals surface area contributed by atoms with Crippen LogP contribution in [-0.2, 0) is 9.59 Å². The minimum Gasteiger partial charge on any atom is -0.495 e. The van der Waals surface area contributed by atoms with E-state index in [1.165, 1.54) is 18.9 Å². The zero-order chi connectivity index (χ0) is 35.7. The number of methoxy groups -OCH3 is 1. The molecule has 0 saturated heterocycles. The number of carbonyl (C=O) groups is 3. The first-order valence-electron chi connectivity index (χ1n) is 16.1. The molecular formula is C42H34ClN3O4S. The SMILES string of the molecule is COc1cc(Cl)c(C)cc1NC(=O)C(Sc1cccc(NC(=O)/C(=C\c2cccc3ccccc23)NC(=O)c2ccccc2)c1)c1ccccc1. The van der Waals surface area contributed by atoms with Gasteiger partial charge in [0.25, 0.3) is 11.8 Å². The van der Waals surface area contributed by atoms with Gasteiger partial charge in [0.15, 0.2) is 0 Å². The molecule has 0 fully saturated rings. The monoisotopic (exact) mass is 711 g/mol. The predicted octanol–water partition coefficient (Wildman–Crippen LogP) is 9.69. The van der Waals surface area contributed by atoms with Crippen LogP contribution in [0.15, 0.2) is 150 Å². The lowest BCUT2D eigenvalue weighted by Crippen LogP contribution is -2.30. The molecule has 9 heteroatoms. The standard InChI is InChI=1S/C42H34ClN3O4S/c1-27-23-36(38(50-2)26-35(27)43)45-42(49)39(29-14-5-3-6-15-29)51-33-21-12-20-32(25-33)44-41(48)37(46-40(47)30-16-7-4-8-17-30)24-31-19-11-18-28-13-9-10-22-34(28)31/h3-26,39H,1-2H3,(H,44,48)(H,45,49)(H,46,47)/b37-24+. The van der Waals surface area contributed by atoms with E-state index in [1.807, 2.05) is 91.9 Å². The number of benzene rings is 6. The van der Waals surface area contributed by atoms with E-state index < -0.39 is 17.1 Å². The third kappa shape index (κ3) is 8.67. The maximum absolute atomic E-state index is 13.9. The number of nitrogens with one attached hydrogen (secondary N) is 3. The molecule has 1 atom stereocenters.